The molecule has 1 saturated heterocycles. The first-order valence-electron chi connectivity index (χ1n) is 9.19. The summed E-state index contributed by atoms with van der Waals surface area (Å²) in [6, 6.07) is 4.96. The number of carbonyl (C=O) groups excluding carboxylic acids is 1. The van der Waals surface area contributed by atoms with Crippen molar-refractivity contribution in [2.24, 2.45) is 10.9 Å². The smallest absolute Gasteiger partial charge is 0.309 e. The van der Waals surface area contributed by atoms with Crippen LogP contribution in [-0.2, 0) is 16.0 Å². The Hall–Kier alpha value is -1.63. The van der Waals surface area contributed by atoms with Crippen LogP contribution < -0.4 is 5.32 Å². The summed E-state index contributed by atoms with van der Waals surface area (Å²) < 4.78 is 19.8. The monoisotopic (exact) mass is 427 g/mol. The van der Waals surface area contributed by atoms with Crippen LogP contribution in [0.1, 0.15) is 32.3 Å². The van der Waals surface area contributed by atoms with Crippen LogP contribution in [0.2, 0.25) is 0 Å². The van der Waals surface area contributed by atoms with E-state index in [1.165, 1.54) is 6.07 Å². The average Bonchev–Trinajstić information content (AvgIpc) is 2.64. The predicted octanol–water partition coefficient (Wildman–Crippen LogP) is 3.37. The molecule has 0 atom stereocenters. The lowest BCUT2D eigenvalue weighted by atomic mass is 9.97. The van der Waals surface area contributed by atoms with Gasteiger partial charge in [0, 0.05) is 30.7 Å². The fourth-order valence-corrected chi connectivity index (χ4v) is 3.44. The first-order valence-corrected chi connectivity index (χ1v) is 9.98. The molecule has 1 aliphatic heterocycles. The van der Waals surface area contributed by atoms with Crippen LogP contribution in [0.25, 0.3) is 0 Å². The van der Waals surface area contributed by atoms with Gasteiger partial charge in [-0.15, -0.1) is 0 Å². The van der Waals surface area contributed by atoms with Crippen LogP contribution in [0.3, 0.4) is 0 Å². The molecule has 26 heavy (non-hydrogen) atoms. The Kier molecular flexibility index (Phi) is 8.35. The second kappa shape index (κ2) is 10.5. The van der Waals surface area contributed by atoms with Gasteiger partial charge in [0.05, 0.1) is 12.5 Å². The highest BCUT2D eigenvalue weighted by Crippen LogP contribution is 2.19. The number of hydrogen-bond donors (Lipinski definition) is 1. The molecule has 1 fully saturated rings. The van der Waals surface area contributed by atoms with Gasteiger partial charge in [0.15, 0.2) is 5.96 Å². The minimum Gasteiger partial charge on any atom is -0.466 e. The van der Waals surface area contributed by atoms with Gasteiger partial charge in [-0.25, -0.2) is 4.39 Å². The Morgan fingerprint density at radius 2 is 2.12 bits per heavy atom. The summed E-state index contributed by atoms with van der Waals surface area (Å²) in [7, 11) is 0. The van der Waals surface area contributed by atoms with Gasteiger partial charge in [-0.3, -0.25) is 9.79 Å². The summed E-state index contributed by atoms with van der Waals surface area (Å²) in [5.41, 5.74) is 0.653. The maximum atomic E-state index is 13.8. The molecule has 5 nitrogen and oxygen atoms in total. The summed E-state index contributed by atoms with van der Waals surface area (Å²) in [6.45, 7) is 7.08. The summed E-state index contributed by atoms with van der Waals surface area (Å²) >= 11 is 3.37. The molecule has 0 radical (unpaired) electrons. The number of rotatable bonds is 6. The van der Waals surface area contributed by atoms with Crippen LogP contribution in [0.5, 0.6) is 0 Å². The first kappa shape index (κ1) is 20.7. The molecule has 2 rings (SSSR count). The highest BCUT2D eigenvalue weighted by Gasteiger charge is 2.27. The van der Waals surface area contributed by atoms with Crippen molar-refractivity contribution in [2.75, 3.05) is 32.8 Å². The molecule has 0 amide bonds. The van der Waals surface area contributed by atoms with Gasteiger partial charge in [0.2, 0.25) is 0 Å². The molecule has 144 valence electrons. The molecule has 0 saturated carbocycles. The lowest BCUT2D eigenvalue weighted by molar-refractivity contribution is -0.149. The Bertz CT molecular complexity index is 631. The Morgan fingerprint density at radius 1 is 1.38 bits per heavy atom. The number of ether oxygens (including phenoxy) is 1. The first-order chi connectivity index (χ1) is 12.5. The molecule has 1 aromatic rings. The highest BCUT2D eigenvalue weighted by atomic mass is 79.9. The van der Waals surface area contributed by atoms with Crippen LogP contribution in [-0.4, -0.2) is 49.6 Å². The standard InChI is InChI=1S/C19H27BrFN3O2/c1-3-22-19(23-10-7-15-13-16(20)5-6-17(15)21)24-11-8-14(9-12-24)18(25)26-4-2/h5-6,13-14H,3-4,7-12H2,1-2H3,(H,22,23). The molecule has 1 heterocycles. The lowest BCUT2D eigenvalue weighted by Crippen LogP contribution is -2.46. The van der Waals surface area contributed by atoms with Gasteiger partial charge < -0.3 is 15.0 Å². The zero-order valence-corrected chi connectivity index (χ0v) is 17.0. The summed E-state index contributed by atoms with van der Waals surface area (Å²) in [5.74, 6) is 0.498. The zero-order valence-electron chi connectivity index (χ0n) is 15.4. The van der Waals surface area contributed by atoms with Crippen molar-refractivity contribution < 1.29 is 13.9 Å². The number of nitrogens with one attached hydrogen (secondary N) is 1. The largest absolute Gasteiger partial charge is 0.466 e. The molecule has 0 bridgehead atoms. The minimum absolute atomic E-state index is 0.0233. The van der Waals surface area contributed by atoms with E-state index in [2.05, 4.69) is 31.1 Å². The predicted molar refractivity (Wildman–Crippen MR) is 105 cm³/mol. The minimum atomic E-state index is -0.205. The third kappa shape index (κ3) is 5.97. The normalized spacial score (nSPS) is 15.8. The number of aliphatic imine (C=N–C) groups is 1. The third-order valence-corrected chi connectivity index (χ3v) is 4.89. The van der Waals surface area contributed by atoms with Crippen molar-refractivity contribution in [3.8, 4) is 0 Å². The van der Waals surface area contributed by atoms with E-state index in [4.69, 9.17) is 4.74 Å². The molecule has 0 unspecified atom stereocenters. The lowest BCUT2D eigenvalue weighted by Gasteiger charge is -2.33. The second-order valence-electron chi connectivity index (χ2n) is 6.23. The number of hydrogen-bond acceptors (Lipinski definition) is 3. The van der Waals surface area contributed by atoms with Crippen molar-refractivity contribution in [3.63, 3.8) is 0 Å². The van der Waals surface area contributed by atoms with Crippen LogP contribution >= 0.6 is 15.9 Å². The van der Waals surface area contributed by atoms with Crippen molar-refractivity contribution in [2.45, 2.75) is 33.1 Å². The van der Waals surface area contributed by atoms with Crippen LogP contribution in [0, 0.1) is 11.7 Å². The van der Waals surface area contributed by atoms with E-state index < -0.39 is 0 Å². The summed E-state index contributed by atoms with van der Waals surface area (Å²) in [4.78, 5) is 18.7. The van der Waals surface area contributed by atoms with E-state index in [1.807, 2.05) is 13.8 Å². The molecular weight excluding hydrogens is 401 g/mol. The van der Waals surface area contributed by atoms with Crippen molar-refractivity contribution >= 4 is 27.9 Å². The van der Waals surface area contributed by atoms with Gasteiger partial charge in [-0.1, -0.05) is 15.9 Å². The van der Waals surface area contributed by atoms with Gasteiger partial charge in [-0.2, -0.15) is 0 Å². The number of carbonyl (C=O) groups is 1. The van der Waals surface area contributed by atoms with Crippen molar-refractivity contribution in [3.05, 3.63) is 34.1 Å². The molecule has 0 aromatic heterocycles. The topological polar surface area (TPSA) is 53.9 Å². The van der Waals surface area contributed by atoms with Crippen molar-refractivity contribution in [1.29, 1.82) is 0 Å². The van der Waals surface area contributed by atoms with Gasteiger partial charge in [0.25, 0.3) is 0 Å². The second-order valence-corrected chi connectivity index (χ2v) is 7.15. The number of piperidine rings is 1. The summed E-state index contributed by atoms with van der Waals surface area (Å²) in [5, 5.41) is 3.29. The SMILES string of the molecule is CCNC(=NCCc1cc(Br)ccc1F)N1CCC(C(=O)OCC)CC1. The number of benzene rings is 1. The number of guanidine groups is 1. The maximum Gasteiger partial charge on any atom is 0.309 e. The number of esters is 1. The maximum absolute atomic E-state index is 13.8. The molecular formula is C19H27BrFN3O2. The van der Waals surface area contributed by atoms with Crippen molar-refractivity contribution in [1.82, 2.24) is 10.2 Å². The highest BCUT2D eigenvalue weighted by molar-refractivity contribution is 9.10. The van der Waals surface area contributed by atoms with E-state index in [0.29, 0.717) is 25.1 Å². The Labute approximate surface area is 163 Å². The molecule has 0 aliphatic carbocycles. The average molecular weight is 428 g/mol. The third-order valence-electron chi connectivity index (χ3n) is 4.40. The zero-order chi connectivity index (χ0) is 18.9. The summed E-state index contributed by atoms with van der Waals surface area (Å²) in [6.07, 6.45) is 2.08. The Balaban J connectivity index is 1.92. The number of likely N-dealkylation sites (tertiary alicyclic amines) is 1. The van der Waals surface area contributed by atoms with E-state index in [0.717, 1.165) is 42.9 Å². The fraction of sp³-hybridized carbons (Fsp3) is 0.579. The molecule has 1 N–H and O–H groups in total. The van der Waals surface area contributed by atoms with Gasteiger partial charge in [-0.05, 0) is 56.9 Å². The molecule has 0 spiro atoms. The van der Waals surface area contributed by atoms with Gasteiger partial charge >= 0.3 is 5.97 Å². The quantitative estimate of drug-likeness (QED) is 0.429. The fourth-order valence-electron chi connectivity index (χ4n) is 3.03. The number of halogens is 2. The molecule has 1 aromatic carbocycles. The van der Waals surface area contributed by atoms with Crippen LogP contribution in [0.4, 0.5) is 4.39 Å². The number of nitrogens with zero attached hydrogens (tertiary/aromatic N) is 2. The molecule has 7 heteroatoms. The van der Waals surface area contributed by atoms with Gasteiger partial charge in [0.1, 0.15) is 5.82 Å². The van der Waals surface area contributed by atoms with E-state index in [1.54, 1.807) is 12.1 Å². The van der Waals surface area contributed by atoms with Crippen LogP contribution in [0.15, 0.2) is 27.7 Å². The van der Waals surface area contributed by atoms with E-state index in [9.17, 15) is 9.18 Å². The van der Waals surface area contributed by atoms with E-state index in [-0.39, 0.29) is 17.7 Å². The van der Waals surface area contributed by atoms with E-state index >= 15 is 0 Å². The Morgan fingerprint density at radius 3 is 2.77 bits per heavy atom. The molecule has 1 aliphatic rings.